The number of nitrogens with zero attached hydrogens (tertiary/aromatic N) is 4. The number of hydrogen-bond donors (Lipinski definition) is 1. The summed E-state index contributed by atoms with van der Waals surface area (Å²) in [5, 5.41) is 2.30. The molecule has 2 fully saturated rings. The van der Waals surface area contributed by atoms with E-state index in [1.54, 1.807) is 11.1 Å². The lowest BCUT2D eigenvalue weighted by Crippen LogP contribution is -2.50. The first kappa shape index (κ1) is 26.5. The Balaban J connectivity index is 0.914. The Bertz CT molecular complexity index is 1460. The maximum Gasteiger partial charge on any atom is 0.410 e. The number of aromatic amines is 1. The van der Waals surface area contributed by atoms with Crippen LogP contribution in [0.25, 0.3) is 32.9 Å². The van der Waals surface area contributed by atoms with E-state index in [0.29, 0.717) is 25.6 Å². The summed E-state index contributed by atoms with van der Waals surface area (Å²) in [6.45, 7) is 10.3. The van der Waals surface area contributed by atoms with Gasteiger partial charge in [0.05, 0.1) is 12.7 Å². The fraction of sp³-hybridized carbons (Fsp3) is 0.452. The predicted octanol–water partition coefficient (Wildman–Crippen LogP) is 5.26. The molecule has 1 amide bonds. The van der Waals surface area contributed by atoms with Crippen molar-refractivity contribution >= 4 is 27.9 Å². The molecule has 210 valence electrons. The molecule has 0 radical (unpaired) electrons. The number of H-pyrrole nitrogens is 1. The smallest absolute Gasteiger partial charge is 0.410 e. The fourth-order valence-electron chi connectivity index (χ4n) is 5.30. The zero-order chi connectivity index (χ0) is 27.7. The van der Waals surface area contributed by atoms with E-state index in [4.69, 9.17) is 14.2 Å². The second-order valence-corrected chi connectivity index (χ2v) is 11.7. The average Bonchev–Trinajstić information content (AvgIpc) is 3.29. The highest BCUT2D eigenvalue weighted by Crippen LogP contribution is 2.31. The lowest BCUT2D eigenvalue weighted by molar-refractivity contribution is -0.0678. The topological polar surface area (TPSA) is 92.8 Å². The van der Waals surface area contributed by atoms with Crippen LogP contribution in [-0.4, -0.2) is 88.0 Å². The van der Waals surface area contributed by atoms with Gasteiger partial charge in [-0.05, 0) is 44.5 Å². The molecule has 6 rings (SSSR count). The Hall–Kier alpha value is -3.69. The molecule has 0 bridgehead atoms. The lowest BCUT2D eigenvalue weighted by atomic mass is 9.92. The Morgan fingerprint density at radius 1 is 0.950 bits per heavy atom. The molecule has 9 nitrogen and oxygen atoms in total. The third kappa shape index (κ3) is 6.05. The van der Waals surface area contributed by atoms with E-state index in [-0.39, 0.29) is 18.3 Å². The molecular weight excluding hydrogens is 506 g/mol. The van der Waals surface area contributed by atoms with Crippen LogP contribution < -0.4 is 4.74 Å². The molecule has 40 heavy (non-hydrogen) atoms. The van der Waals surface area contributed by atoms with Crippen molar-refractivity contribution in [2.24, 2.45) is 0 Å². The summed E-state index contributed by atoms with van der Waals surface area (Å²) < 4.78 is 17.6. The molecule has 1 aliphatic carbocycles. The first-order chi connectivity index (χ1) is 19.3. The number of benzene rings is 1. The van der Waals surface area contributed by atoms with E-state index in [1.165, 1.54) is 5.39 Å². The van der Waals surface area contributed by atoms with Crippen LogP contribution in [-0.2, 0) is 9.47 Å². The predicted molar refractivity (Wildman–Crippen MR) is 154 cm³/mol. The van der Waals surface area contributed by atoms with Crippen molar-refractivity contribution in [1.29, 1.82) is 0 Å². The van der Waals surface area contributed by atoms with Gasteiger partial charge < -0.3 is 24.1 Å². The van der Waals surface area contributed by atoms with Crippen LogP contribution >= 0.6 is 0 Å². The molecule has 1 aliphatic heterocycles. The number of nitrogens with one attached hydrogen (secondary N) is 1. The van der Waals surface area contributed by atoms with Gasteiger partial charge in [-0.2, -0.15) is 0 Å². The third-order valence-corrected chi connectivity index (χ3v) is 7.59. The number of aromatic nitrogens is 3. The summed E-state index contributed by atoms with van der Waals surface area (Å²) in [6.07, 6.45) is 7.46. The molecule has 4 heterocycles. The van der Waals surface area contributed by atoms with Gasteiger partial charge in [0, 0.05) is 97.6 Å². The molecule has 9 heteroatoms. The van der Waals surface area contributed by atoms with Crippen molar-refractivity contribution in [3.63, 3.8) is 0 Å². The summed E-state index contributed by atoms with van der Waals surface area (Å²) in [6, 6.07) is 12.4. The van der Waals surface area contributed by atoms with Crippen LogP contribution in [0.15, 0.2) is 55.0 Å². The van der Waals surface area contributed by atoms with E-state index in [9.17, 15) is 4.79 Å². The molecule has 1 aromatic carbocycles. The standard InChI is InChI=1S/C31H37N5O4/c1-31(2,3)40-30(37)36-12-10-35(11-13-36)14-15-38-23-17-24(18-23)39-29-7-5-22(19-33-29)21-4-6-25-26-20-32-9-8-27(26)34-28(25)16-21/h4-9,16,19-20,23-24,34H,10-15,17-18H2,1-3H3. The number of ether oxygens (including phenoxy) is 3. The number of amides is 1. The van der Waals surface area contributed by atoms with Crippen molar-refractivity contribution < 1.29 is 19.0 Å². The summed E-state index contributed by atoms with van der Waals surface area (Å²) in [5.41, 5.74) is 3.87. The summed E-state index contributed by atoms with van der Waals surface area (Å²) in [5.74, 6) is 0.646. The summed E-state index contributed by atoms with van der Waals surface area (Å²) in [4.78, 5) is 28.6. The minimum atomic E-state index is -0.460. The molecule has 1 N–H and O–H groups in total. The SMILES string of the molecule is CC(C)(C)OC(=O)N1CCN(CCOC2CC(Oc3ccc(-c4ccc5c(c4)[nH]c4ccncc45)cn3)C2)CC1. The molecule has 0 atom stereocenters. The minimum Gasteiger partial charge on any atom is -0.474 e. The van der Waals surface area contributed by atoms with Crippen molar-refractivity contribution in [3.05, 3.63) is 55.0 Å². The van der Waals surface area contributed by atoms with E-state index in [2.05, 4.69) is 44.1 Å². The highest BCUT2D eigenvalue weighted by molar-refractivity contribution is 6.07. The molecular formula is C31H37N5O4. The molecule has 0 unspecified atom stereocenters. The normalized spacial score (nSPS) is 20.0. The molecule has 4 aromatic rings. The Labute approximate surface area is 234 Å². The molecule has 1 saturated heterocycles. The number of carbonyl (C=O) groups excluding carboxylic acids is 1. The van der Waals surface area contributed by atoms with Crippen LogP contribution in [0.2, 0.25) is 0 Å². The number of hydrogen-bond acceptors (Lipinski definition) is 7. The van der Waals surface area contributed by atoms with Gasteiger partial charge in [-0.15, -0.1) is 0 Å². The number of carbonyl (C=O) groups is 1. The van der Waals surface area contributed by atoms with Gasteiger partial charge in [0.1, 0.15) is 11.7 Å². The second kappa shape index (κ2) is 11.1. The summed E-state index contributed by atoms with van der Waals surface area (Å²) in [7, 11) is 0. The van der Waals surface area contributed by atoms with Gasteiger partial charge in [0.2, 0.25) is 5.88 Å². The monoisotopic (exact) mass is 543 g/mol. The highest BCUT2D eigenvalue weighted by atomic mass is 16.6. The summed E-state index contributed by atoms with van der Waals surface area (Å²) >= 11 is 0. The van der Waals surface area contributed by atoms with Crippen LogP contribution in [0, 0.1) is 0 Å². The number of pyridine rings is 2. The van der Waals surface area contributed by atoms with E-state index >= 15 is 0 Å². The second-order valence-electron chi connectivity index (χ2n) is 11.7. The number of rotatable bonds is 7. The average molecular weight is 544 g/mol. The molecule has 2 aliphatic rings. The fourth-order valence-corrected chi connectivity index (χ4v) is 5.30. The lowest BCUT2D eigenvalue weighted by Gasteiger charge is -2.37. The Morgan fingerprint density at radius 3 is 2.50 bits per heavy atom. The van der Waals surface area contributed by atoms with Gasteiger partial charge in [0.15, 0.2) is 0 Å². The van der Waals surface area contributed by atoms with Crippen molar-refractivity contribution in [1.82, 2.24) is 24.8 Å². The quantitative estimate of drug-likeness (QED) is 0.340. The van der Waals surface area contributed by atoms with Gasteiger partial charge in [-0.1, -0.05) is 12.1 Å². The van der Waals surface area contributed by atoms with Crippen molar-refractivity contribution in [2.75, 3.05) is 39.3 Å². The van der Waals surface area contributed by atoms with Gasteiger partial charge >= 0.3 is 6.09 Å². The van der Waals surface area contributed by atoms with Crippen LogP contribution in [0.5, 0.6) is 5.88 Å². The van der Waals surface area contributed by atoms with Crippen molar-refractivity contribution in [3.8, 4) is 17.0 Å². The molecule has 3 aromatic heterocycles. The first-order valence-corrected chi connectivity index (χ1v) is 14.1. The maximum atomic E-state index is 12.2. The Kier molecular flexibility index (Phi) is 7.33. The molecule has 1 saturated carbocycles. The third-order valence-electron chi connectivity index (χ3n) is 7.59. The molecule has 0 spiro atoms. The largest absolute Gasteiger partial charge is 0.474 e. The zero-order valence-electron chi connectivity index (χ0n) is 23.4. The number of piperazine rings is 1. The van der Waals surface area contributed by atoms with Crippen LogP contribution in [0.1, 0.15) is 33.6 Å². The Morgan fingerprint density at radius 2 is 1.75 bits per heavy atom. The van der Waals surface area contributed by atoms with Gasteiger partial charge in [-0.3, -0.25) is 9.88 Å². The van der Waals surface area contributed by atoms with Crippen molar-refractivity contribution in [2.45, 2.75) is 51.4 Å². The van der Waals surface area contributed by atoms with E-state index < -0.39 is 5.60 Å². The maximum absolute atomic E-state index is 12.2. The zero-order valence-corrected chi connectivity index (χ0v) is 23.4. The van der Waals surface area contributed by atoms with E-state index in [1.807, 2.05) is 45.3 Å². The van der Waals surface area contributed by atoms with E-state index in [0.717, 1.165) is 60.0 Å². The van der Waals surface area contributed by atoms with Crippen LogP contribution in [0.3, 0.4) is 0 Å². The first-order valence-electron chi connectivity index (χ1n) is 14.1. The number of fused-ring (bicyclic) bond motifs is 3. The minimum absolute atomic E-state index is 0.136. The highest BCUT2D eigenvalue weighted by Gasteiger charge is 2.32. The van der Waals surface area contributed by atoms with Crippen LogP contribution in [0.4, 0.5) is 4.79 Å². The van der Waals surface area contributed by atoms with Gasteiger partial charge in [0.25, 0.3) is 0 Å². The van der Waals surface area contributed by atoms with Gasteiger partial charge in [-0.25, -0.2) is 9.78 Å².